The maximum atomic E-state index is 12.4. The standard InChI is InChI=1S/C14H24N2O3/c1-3-19-10-9-16-12(17)11(2)15-13(18)14(16)7-5-4-6-8-14/h11H,3-10H2,1-2H3,(H,15,18). The van der Waals surface area contributed by atoms with E-state index in [0.29, 0.717) is 19.8 Å². The Morgan fingerprint density at radius 1 is 1.32 bits per heavy atom. The third kappa shape index (κ3) is 2.61. The summed E-state index contributed by atoms with van der Waals surface area (Å²) in [5.41, 5.74) is -0.612. The summed E-state index contributed by atoms with van der Waals surface area (Å²) in [6, 6.07) is -0.415. The summed E-state index contributed by atoms with van der Waals surface area (Å²) < 4.78 is 5.36. The summed E-state index contributed by atoms with van der Waals surface area (Å²) in [7, 11) is 0. The Balaban J connectivity index is 2.18. The average molecular weight is 268 g/mol. The Labute approximate surface area is 114 Å². The summed E-state index contributed by atoms with van der Waals surface area (Å²) in [5, 5.41) is 2.84. The SMILES string of the molecule is CCOCCN1C(=O)C(C)NC(=O)C12CCCCC2. The molecular formula is C14H24N2O3. The molecule has 0 bridgehead atoms. The van der Waals surface area contributed by atoms with Gasteiger partial charge in [0.1, 0.15) is 11.6 Å². The molecule has 1 atom stereocenters. The highest BCUT2D eigenvalue weighted by Gasteiger charge is 2.51. The lowest BCUT2D eigenvalue weighted by atomic mass is 9.77. The summed E-state index contributed by atoms with van der Waals surface area (Å²) in [6.45, 7) is 5.35. The van der Waals surface area contributed by atoms with E-state index in [0.717, 1.165) is 32.1 Å². The highest BCUT2D eigenvalue weighted by Crippen LogP contribution is 2.36. The van der Waals surface area contributed by atoms with Crippen molar-refractivity contribution in [2.75, 3.05) is 19.8 Å². The minimum absolute atomic E-state index is 0.0239. The van der Waals surface area contributed by atoms with E-state index in [2.05, 4.69) is 5.32 Å². The number of carbonyl (C=O) groups excluding carboxylic acids is 2. The molecule has 1 heterocycles. The van der Waals surface area contributed by atoms with Crippen molar-refractivity contribution >= 4 is 11.8 Å². The molecule has 5 nitrogen and oxygen atoms in total. The van der Waals surface area contributed by atoms with E-state index >= 15 is 0 Å². The van der Waals surface area contributed by atoms with Gasteiger partial charge in [0.05, 0.1) is 6.61 Å². The van der Waals surface area contributed by atoms with Crippen molar-refractivity contribution in [3.8, 4) is 0 Å². The molecule has 2 aliphatic rings. The van der Waals surface area contributed by atoms with Crippen LogP contribution in [0.5, 0.6) is 0 Å². The molecule has 2 rings (SSSR count). The van der Waals surface area contributed by atoms with Gasteiger partial charge in [0.2, 0.25) is 11.8 Å². The minimum atomic E-state index is -0.612. The lowest BCUT2D eigenvalue weighted by Crippen LogP contribution is -2.70. The first-order valence-electron chi connectivity index (χ1n) is 7.32. The van der Waals surface area contributed by atoms with Crippen LogP contribution in [0.1, 0.15) is 46.0 Å². The van der Waals surface area contributed by atoms with Gasteiger partial charge < -0.3 is 15.0 Å². The first-order chi connectivity index (χ1) is 9.12. The normalized spacial score (nSPS) is 26.6. The van der Waals surface area contributed by atoms with Crippen molar-refractivity contribution < 1.29 is 14.3 Å². The third-order valence-electron chi connectivity index (χ3n) is 4.27. The highest BCUT2D eigenvalue weighted by atomic mass is 16.5. The van der Waals surface area contributed by atoms with Gasteiger partial charge in [-0.25, -0.2) is 0 Å². The summed E-state index contributed by atoms with van der Waals surface area (Å²) in [6.07, 6.45) is 4.74. The zero-order chi connectivity index (χ0) is 13.9. The number of nitrogens with one attached hydrogen (secondary N) is 1. The molecular weight excluding hydrogens is 244 g/mol. The molecule has 0 radical (unpaired) electrons. The van der Waals surface area contributed by atoms with Gasteiger partial charge in [-0.3, -0.25) is 9.59 Å². The quantitative estimate of drug-likeness (QED) is 0.776. The molecule has 1 saturated heterocycles. The van der Waals surface area contributed by atoms with Crippen LogP contribution in [-0.2, 0) is 14.3 Å². The van der Waals surface area contributed by atoms with E-state index < -0.39 is 11.6 Å². The summed E-state index contributed by atoms with van der Waals surface area (Å²) >= 11 is 0. The second kappa shape index (κ2) is 5.90. The van der Waals surface area contributed by atoms with Gasteiger partial charge in [-0.2, -0.15) is 0 Å². The summed E-state index contributed by atoms with van der Waals surface area (Å²) in [5.74, 6) is 0.0528. The number of hydrogen-bond acceptors (Lipinski definition) is 3. The topological polar surface area (TPSA) is 58.6 Å². The van der Waals surface area contributed by atoms with Gasteiger partial charge in [0, 0.05) is 13.2 Å². The molecule has 1 saturated carbocycles. The first-order valence-corrected chi connectivity index (χ1v) is 7.32. The van der Waals surface area contributed by atoms with E-state index in [4.69, 9.17) is 4.74 Å². The number of hydrogen-bond donors (Lipinski definition) is 1. The fourth-order valence-electron chi connectivity index (χ4n) is 3.22. The molecule has 1 N–H and O–H groups in total. The maximum Gasteiger partial charge on any atom is 0.246 e. The van der Waals surface area contributed by atoms with Crippen molar-refractivity contribution in [1.82, 2.24) is 10.2 Å². The van der Waals surface area contributed by atoms with Gasteiger partial charge in [-0.15, -0.1) is 0 Å². The average Bonchev–Trinajstić information content (AvgIpc) is 2.42. The molecule has 19 heavy (non-hydrogen) atoms. The maximum absolute atomic E-state index is 12.4. The van der Waals surface area contributed by atoms with Crippen LogP contribution in [0.4, 0.5) is 0 Å². The van der Waals surface area contributed by atoms with Crippen molar-refractivity contribution in [2.24, 2.45) is 0 Å². The number of nitrogens with zero attached hydrogens (tertiary/aromatic N) is 1. The molecule has 1 aliphatic heterocycles. The van der Waals surface area contributed by atoms with Crippen LogP contribution in [0.3, 0.4) is 0 Å². The molecule has 2 amide bonds. The Kier molecular flexibility index (Phi) is 4.45. The van der Waals surface area contributed by atoms with Crippen LogP contribution in [0.2, 0.25) is 0 Å². The number of ether oxygens (including phenoxy) is 1. The Hall–Kier alpha value is -1.10. The van der Waals surface area contributed by atoms with Crippen LogP contribution in [0, 0.1) is 0 Å². The summed E-state index contributed by atoms with van der Waals surface area (Å²) in [4.78, 5) is 26.6. The molecule has 0 aromatic rings. The molecule has 1 aliphatic carbocycles. The Morgan fingerprint density at radius 2 is 2.00 bits per heavy atom. The highest BCUT2D eigenvalue weighted by molar-refractivity contribution is 5.99. The fraction of sp³-hybridized carbons (Fsp3) is 0.857. The molecule has 0 aromatic carbocycles. The van der Waals surface area contributed by atoms with Gasteiger partial charge in [-0.05, 0) is 26.7 Å². The van der Waals surface area contributed by atoms with E-state index in [9.17, 15) is 9.59 Å². The van der Waals surface area contributed by atoms with Crippen molar-refractivity contribution in [2.45, 2.75) is 57.5 Å². The molecule has 5 heteroatoms. The van der Waals surface area contributed by atoms with Gasteiger partial charge in [0.15, 0.2) is 0 Å². The van der Waals surface area contributed by atoms with Crippen LogP contribution in [0.25, 0.3) is 0 Å². The molecule has 1 spiro atoms. The zero-order valence-corrected chi connectivity index (χ0v) is 11.9. The molecule has 0 aromatic heterocycles. The van der Waals surface area contributed by atoms with E-state index in [-0.39, 0.29) is 11.8 Å². The second-order valence-corrected chi connectivity index (χ2v) is 5.47. The Morgan fingerprint density at radius 3 is 2.63 bits per heavy atom. The van der Waals surface area contributed by atoms with E-state index in [1.165, 1.54) is 0 Å². The number of amides is 2. The van der Waals surface area contributed by atoms with Gasteiger partial charge in [-0.1, -0.05) is 19.3 Å². The predicted molar refractivity (Wildman–Crippen MR) is 71.6 cm³/mol. The largest absolute Gasteiger partial charge is 0.380 e. The fourth-order valence-corrected chi connectivity index (χ4v) is 3.22. The first kappa shape index (κ1) is 14.3. The van der Waals surface area contributed by atoms with Crippen molar-refractivity contribution in [3.63, 3.8) is 0 Å². The van der Waals surface area contributed by atoms with E-state index in [1.54, 1.807) is 11.8 Å². The lowest BCUT2D eigenvalue weighted by molar-refractivity contribution is -0.160. The van der Waals surface area contributed by atoms with Crippen LogP contribution < -0.4 is 5.32 Å². The lowest BCUT2D eigenvalue weighted by Gasteiger charge is -2.49. The number of piperazine rings is 1. The molecule has 2 fully saturated rings. The van der Waals surface area contributed by atoms with Gasteiger partial charge >= 0.3 is 0 Å². The third-order valence-corrected chi connectivity index (χ3v) is 4.27. The molecule has 1 unspecified atom stereocenters. The number of rotatable bonds is 4. The monoisotopic (exact) mass is 268 g/mol. The van der Waals surface area contributed by atoms with Crippen LogP contribution >= 0.6 is 0 Å². The van der Waals surface area contributed by atoms with Crippen molar-refractivity contribution in [1.29, 1.82) is 0 Å². The Bertz CT molecular complexity index is 351. The minimum Gasteiger partial charge on any atom is -0.380 e. The number of carbonyl (C=O) groups is 2. The van der Waals surface area contributed by atoms with Gasteiger partial charge in [0.25, 0.3) is 0 Å². The predicted octanol–water partition coefficient (Wildman–Crippen LogP) is 1.07. The molecule has 108 valence electrons. The zero-order valence-electron chi connectivity index (χ0n) is 11.9. The second-order valence-electron chi connectivity index (χ2n) is 5.47. The van der Waals surface area contributed by atoms with E-state index in [1.807, 2.05) is 6.92 Å². The van der Waals surface area contributed by atoms with Crippen LogP contribution in [-0.4, -0.2) is 48.1 Å². The van der Waals surface area contributed by atoms with Crippen LogP contribution in [0.15, 0.2) is 0 Å². The van der Waals surface area contributed by atoms with Crippen molar-refractivity contribution in [3.05, 3.63) is 0 Å². The smallest absolute Gasteiger partial charge is 0.246 e.